The lowest BCUT2D eigenvalue weighted by Gasteiger charge is -2.52. The minimum absolute atomic E-state index is 0.00330. The van der Waals surface area contributed by atoms with Crippen LogP contribution in [0.3, 0.4) is 0 Å². The van der Waals surface area contributed by atoms with Gasteiger partial charge in [0.05, 0.1) is 19.6 Å². The molecule has 1 aromatic rings. The largest absolute Gasteiger partial charge is 0.321 e. The molecule has 1 aromatic carbocycles. The van der Waals surface area contributed by atoms with Gasteiger partial charge in [0.2, 0.25) is 0 Å². The Labute approximate surface area is 124 Å². The molecule has 0 spiro atoms. The van der Waals surface area contributed by atoms with Crippen molar-refractivity contribution in [2.75, 3.05) is 44.6 Å². The number of halogens is 1. The fourth-order valence-electron chi connectivity index (χ4n) is 3.34. The molecule has 1 atom stereocenters. The van der Waals surface area contributed by atoms with E-state index >= 15 is 0 Å². The lowest BCUT2D eigenvalue weighted by molar-refractivity contribution is -0.953. The first-order valence-electron chi connectivity index (χ1n) is 7.24. The topological polar surface area (TPSA) is 32.3 Å². The minimum Gasteiger partial charge on any atom is -0.321 e. The highest BCUT2D eigenvalue weighted by Gasteiger charge is 2.45. The Bertz CT molecular complexity index is 498. The first-order chi connectivity index (χ1) is 9.59. The van der Waals surface area contributed by atoms with Gasteiger partial charge in [0.15, 0.2) is 6.04 Å². The molecule has 0 saturated carbocycles. The molecule has 0 aliphatic carbocycles. The number of hydrogen-bond acceptors (Lipinski definition) is 2. The van der Waals surface area contributed by atoms with Crippen LogP contribution in [-0.2, 0) is 4.79 Å². The summed E-state index contributed by atoms with van der Waals surface area (Å²) in [6.07, 6.45) is 0. The third-order valence-corrected chi connectivity index (χ3v) is 5.11. The second-order valence-electron chi connectivity index (χ2n) is 5.91. The van der Waals surface area contributed by atoms with Crippen molar-refractivity contribution in [2.24, 2.45) is 0 Å². The molecule has 1 unspecified atom stereocenters. The Kier molecular flexibility index (Phi) is 3.71. The van der Waals surface area contributed by atoms with E-state index < -0.39 is 0 Å². The molecule has 3 heterocycles. The molecular formula is C15H21ClN3O+. The maximum absolute atomic E-state index is 12.5. The Morgan fingerprint density at radius 3 is 2.55 bits per heavy atom. The van der Waals surface area contributed by atoms with Crippen molar-refractivity contribution in [3.8, 4) is 0 Å². The lowest BCUT2D eigenvalue weighted by Crippen LogP contribution is -2.72. The number of rotatable bonds is 3. The first kappa shape index (κ1) is 13.9. The first-order valence-corrected chi connectivity index (χ1v) is 7.61. The van der Waals surface area contributed by atoms with Gasteiger partial charge in [-0.15, -0.1) is 0 Å². The van der Waals surface area contributed by atoms with Crippen molar-refractivity contribution in [1.29, 1.82) is 0 Å². The number of carbonyl (C=O) groups is 1. The van der Waals surface area contributed by atoms with Crippen LogP contribution in [0.1, 0.15) is 6.92 Å². The average molecular weight is 295 g/mol. The zero-order valence-electron chi connectivity index (χ0n) is 11.8. The Morgan fingerprint density at radius 2 is 1.95 bits per heavy atom. The molecule has 4 rings (SSSR count). The molecule has 2 bridgehead atoms. The number of benzene rings is 1. The molecule has 3 aliphatic rings. The van der Waals surface area contributed by atoms with Crippen LogP contribution >= 0.6 is 11.6 Å². The molecule has 3 aliphatic heterocycles. The summed E-state index contributed by atoms with van der Waals surface area (Å²) in [7, 11) is 0. The van der Waals surface area contributed by atoms with E-state index in [4.69, 9.17) is 11.6 Å². The average Bonchev–Trinajstić information content (AvgIpc) is 2.48. The third kappa shape index (κ3) is 2.55. The fourth-order valence-corrected chi connectivity index (χ4v) is 3.53. The van der Waals surface area contributed by atoms with Crippen LogP contribution in [0, 0.1) is 0 Å². The predicted molar refractivity (Wildman–Crippen MR) is 80.8 cm³/mol. The number of carbonyl (C=O) groups excluding carboxylic acids is 1. The SMILES string of the molecule is CC(C(=O)Nc1cccc(Cl)c1)[N+]12CCN(CC1)CC2. The number of quaternary nitrogens is 1. The Balaban J connectivity index is 1.70. The van der Waals surface area contributed by atoms with Gasteiger partial charge in [-0.2, -0.15) is 0 Å². The van der Waals surface area contributed by atoms with E-state index in [0.717, 1.165) is 49.4 Å². The van der Waals surface area contributed by atoms with Gasteiger partial charge in [0.1, 0.15) is 0 Å². The molecule has 0 radical (unpaired) electrons. The molecule has 1 amide bonds. The number of anilines is 1. The van der Waals surface area contributed by atoms with Crippen LogP contribution in [0.25, 0.3) is 0 Å². The Morgan fingerprint density at radius 1 is 1.30 bits per heavy atom. The van der Waals surface area contributed by atoms with Crippen LogP contribution in [0.15, 0.2) is 24.3 Å². The van der Waals surface area contributed by atoms with E-state index in [1.54, 1.807) is 6.07 Å². The summed E-state index contributed by atoms with van der Waals surface area (Å²) in [6, 6.07) is 7.34. The third-order valence-electron chi connectivity index (χ3n) is 4.88. The van der Waals surface area contributed by atoms with Crippen molar-refractivity contribution in [1.82, 2.24) is 4.90 Å². The van der Waals surface area contributed by atoms with Crippen molar-refractivity contribution >= 4 is 23.2 Å². The summed E-state index contributed by atoms with van der Waals surface area (Å²) in [4.78, 5) is 15.0. The highest BCUT2D eigenvalue weighted by Crippen LogP contribution is 2.24. The normalized spacial score (nSPS) is 30.0. The number of amides is 1. The highest BCUT2D eigenvalue weighted by molar-refractivity contribution is 6.30. The molecule has 4 nitrogen and oxygen atoms in total. The number of hydrogen-bond donors (Lipinski definition) is 1. The van der Waals surface area contributed by atoms with E-state index in [1.807, 2.05) is 18.2 Å². The van der Waals surface area contributed by atoms with E-state index in [1.165, 1.54) is 0 Å². The van der Waals surface area contributed by atoms with Crippen LogP contribution in [0.5, 0.6) is 0 Å². The van der Waals surface area contributed by atoms with Gasteiger partial charge in [-0.05, 0) is 25.1 Å². The van der Waals surface area contributed by atoms with E-state index in [-0.39, 0.29) is 11.9 Å². The van der Waals surface area contributed by atoms with Gasteiger partial charge in [-0.1, -0.05) is 17.7 Å². The summed E-state index contributed by atoms with van der Waals surface area (Å²) >= 11 is 5.96. The minimum atomic E-state index is -0.00330. The molecule has 3 saturated heterocycles. The van der Waals surface area contributed by atoms with Crippen molar-refractivity contribution in [3.05, 3.63) is 29.3 Å². The predicted octanol–water partition coefficient (Wildman–Crippen LogP) is 1.81. The maximum atomic E-state index is 12.5. The molecule has 0 aromatic heterocycles. The number of nitrogens with zero attached hydrogens (tertiary/aromatic N) is 2. The van der Waals surface area contributed by atoms with Gasteiger partial charge < -0.3 is 9.80 Å². The van der Waals surface area contributed by atoms with Crippen LogP contribution < -0.4 is 5.32 Å². The van der Waals surface area contributed by atoms with E-state index in [0.29, 0.717) is 5.02 Å². The Hall–Kier alpha value is -1.10. The van der Waals surface area contributed by atoms with Gasteiger partial charge in [0, 0.05) is 30.3 Å². The van der Waals surface area contributed by atoms with Crippen LogP contribution in [0.4, 0.5) is 5.69 Å². The summed E-state index contributed by atoms with van der Waals surface area (Å²) in [6.45, 7) is 8.68. The van der Waals surface area contributed by atoms with Crippen molar-refractivity contribution in [2.45, 2.75) is 13.0 Å². The molecule has 1 N–H and O–H groups in total. The van der Waals surface area contributed by atoms with Crippen molar-refractivity contribution in [3.63, 3.8) is 0 Å². The molecule has 3 fully saturated rings. The standard InChI is InChI=1S/C15H20ClN3O/c1-12(19-8-5-18(6-9-19)7-10-19)15(20)17-14-4-2-3-13(16)11-14/h2-4,11-12H,5-10H2,1H3/p+1. The lowest BCUT2D eigenvalue weighted by atomic mass is 10.1. The van der Waals surface area contributed by atoms with E-state index in [9.17, 15) is 4.79 Å². The van der Waals surface area contributed by atoms with Crippen LogP contribution in [-0.4, -0.2) is 60.6 Å². The summed E-state index contributed by atoms with van der Waals surface area (Å²) < 4.78 is 0.933. The maximum Gasteiger partial charge on any atom is 0.282 e. The highest BCUT2D eigenvalue weighted by atomic mass is 35.5. The van der Waals surface area contributed by atoms with Gasteiger partial charge in [0.25, 0.3) is 5.91 Å². The van der Waals surface area contributed by atoms with Crippen LogP contribution in [0.2, 0.25) is 5.02 Å². The molecular weight excluding hydrogens is 274 g/mol. The summed E-state index contributed by atoms with van der Waals surface area (Å²) in [5.74, 6) is 0.0996. The number of piperazine rings is 3. The zero-order chi connectivity index (χ0) is 14.2. The monoisotopic (exact) mass is 294 g/mol. The quantitative estimate of drug-likeness (QED) is 0.863. The second kappa shape index (κ2) is 5.35. The van der Waals surface area contributed by atoms with E-state index in [2.05, 4.69) is 17.1 Å². The summed E-state index contributed by atoms with van der Waals surface area (Å²) in [5.41, 5.74) is 0.781. The molecule has 5 heteroatoms. The summed E-state index contributed by atoms with van der Waals surface area (Å²) in [5, 5.41) is 3.65. The number of nitrogens with one attached hydrogen (secondary N) is 1. The second-order valence-corrected chi connectivity index (χ2v) is 6.34. The molecule has 108 valence electrons. The number of fused-ring (bicyclic) bond motifs is 3. The van der Waals surface area contributed by atoms with Gasteiger partial charge in [-0.25, -0.2) is 0 Å². The fraction of sp³-hybridized carbons (Fsp3) is 0.533. The smallest absolute Gasteiger partial charge is 0.282 e. The van der Waals surface area contributed by atoms with Gasteiger partial charge in [-0.3, -0.25) is 9.69 Å². The van der Waals surface area contributed by atoms with Gasteiger partial charge >= 0.3 is 0 Å². The zero-order valence-corrected chi connectivity index (χ0v) is 12.6. The van der Waals surface area contributed by atoms with Crippen molar-refractivity contribution < 1.29 is 9.28 Å². The molecule has 20 heavy (non-hydrogen) atoms.